The second-order valence-corrected chi connectivity index (χ2v) is 4.60. The van der Waals surface area contributed by atoms with Crippen LogP contribution >= 0.6 is 12.2 Å². The van der Waals surface area contributed by atoms with Gasteiger partial charge in [0.05, 0.1) is 6.54 Å². The lowest BCUT2D eigenvalue weighted by Gasteiger charge is -2.30. The quantitative estimate of drug-likeness (QED) is 0.841. The minimum atomic E-state index is 0.00139. The standard InChI is InChI=1S/C13H18N2O2S/c1-3-14-13(18)15(2)8-10-9-16-11-6-4-5-7-12(11)17-10/h4-7,10H,3,8-9H2,1-2H3,(H,14,18)/t10-/m0/s1. The van der Waals surface area contributed by atoms with Gasteiger partial charge in [-0.3, -0.25) is 0 Å². The third kappa shape index (κ3) is 3.04. The Hall–Kier alpha value is -1.49. The molecule has 0 fully saturated rings. The molecule has 0 radical (unpaired) electrons. The van der Waals surface area contributed by atoms with Crippen LogP contribution in [-0.4, -0.2) is 42.9 Å². The van der Waals surface area contributed by atoms with E-state index in [1.165, 1.54) is 0 Å². The summed E-state index contributed by atoms with van der Waals surface area (Å²) < 4.78 is 11.5. The molecule has 0 bridgehead atoms. The molecule has 0 aliphatic carbocycles. The third-order valence-corrected chi connectivity index (χ3v) is 3.18. The fourth-order valence-corrected chi connectivity index (χ4v) is 2.05. The Bertz CT molecular complexity index is 425. The fourth-order valence-electron chi connectivity index (χ4n) is 1.83. The van der Waals surface area contributed by atoms with Gasteiger partial charge in [-0.05, 0) is 31.3 Å². The third-order valence-electron chi connectivity index (χ3n) is 2.72. The van der Waals surface area contributed by atoms with Crippen LogP contribution in [-0.2, 0) is 0 Å². The Balaban J connectivity index is 1.91. The molecular formula is C13H18N2O2S. The molecule has 0 spiro atoms. The Morgan fingerprint density at radius 1 is 1.44 bits per heavy atom. The van der Waals surface area contributed by atoms with E-state index < -0.39 is 0 Å². The zero-order chi connectivity index (χ0) is 13.0. The molecule has 1 aliphatic rings. The van der Waals surface area contributed by atoms with Gasteiger partial charge >= 0.3 is 0 Å². The normalized spacial score (nSPS) is 17.1. The zero-order valence-corrected chi connectivity index (χ0v) is 11.5. The maximum atomic E-state index is 5.88. The monoisotopic (exact) mass is 266 g/mol. The van der Waals surface area contributed by atoms with Crippen molar-refractivity contribution in [3.05, 3.63) is 24.3 Å². The summed E-state index contributed by atoms with van der Waals surface area (Å²) in [7, 11) is 1.95. The average molecular weight is 266 g/mol. The van der Waals surface area contributed by atoms with E-state index in [0.717, 1.165) is 23.2 Å². The molecule has 1 aromatic carbocycles. The van der Waals surface area contributed by atoms with Crippen LogP contribution in [0.15, 0.2) is 24.3 Å². The van der Waals surface area contributed by atoms with Crippen molar-refractivity contribution in [1.29, 1.82) is 0 Å². The lowest BCUT2D eigenvalue weighted by Crippen LogP contribution is -2.45. The van der Waals surface area contributed by atoms with Gasteiger partial charge in [-0.25, -0.2) is 0 Å². The van der Waals surface area contributed by atoms with Crippen LogP contribution in [0.1, 0.15) is 6.92 Å². The van der Waals surface area contributed by atoms with E-state index in [0.29, 0.717) is 13.2 Å². The molecule has 1 atom stereocenters. The number of likely N-dealkylation sites (N-methyl/N-ethyl adjacent to an activating group) is 1. The second-order valence-electron chi connectivity index (χ2n) is 4.21. The lowest BCUT2D eigenvalue weighted by atomic mass is 10.2. The van der Waals surface area contributed by atoms with E-state index in [4.69, 9.17) is 21.7 Å². The molecule has 1 aliphatic heterocycles. The number of rotatable bonds is 3. The van der Waals surface area contributed by atoms with Crippen molar-refractivity contribution in [2.75, 3.05) is 26.7 Å². The van der Waals surface area contributed by atoms with Crippen LogP contribution in [0.3, 0.4) is 0 Å². The number of hydrogen-bond acceptors (Lipinski definition) is 3. The number of benzene rings is 1. The van der Waals surface area contributed by atoms with Gasteiger partial charge < -0.3 is 19.7 Å². The minimum absolute atomic E-state index is 0.00139. The molecule has 1 N–H and O–H groups in total. The average Bonchev–Trinajstić information content (AvgIpc) is 2.39. The van der Waals surface area contributed by atoms with E-state index in [1.807, 2.05) is 43.1 Å². The predicted octanol–water partition coefficient (Wildman–Crippen LogP) is 1.65. The first-order valence-electron chi connectivity index (χ1n) is 6.08. The summed E-state index contributed by atoms with van der Waals surface area (Å²) in [5, 5.41) is 3.85. The molecule has 0 aromatic heterocycles. The van der Waals surface area contributed by atoms with Crippen LogP contribution in [0.25, 0.3) is 0 Å². The maximum absolute atomic E-state index is 5.88. The van der Waals surface area contributed by atoms with Crippen molar-refractivity contribution >= 4 is 17.3 Å². The number of ether oxygens (including phenoxy) is 2. The Morgan fingerprint density at radius 2 is 2.17 bits per heavy atom. The molecule has 5 heteroatoms. The Kier molecular flexibility index (Phi) is 4.25. The molecular weight excluding hydrogens is 248 g/mol. The Morgan fingerprint density at radius 3 is 2.89 bits per heavy atom. The van der Waals surface area contributed by atoms with Gasteiger partial charge in [-0.1, -0.05) is 12.1 Å². The number of thiocarbonyl (C=S) groups is 1. The van der Waals surface area contributed by atoms with Crippen molar-refractivity contribution in [1.82, 2.24) is 10.2 Å². The van der Waals surface area contributed by atoms with Gasteiger partial charge in [0.15, 0.2) is 22.7 Å². The first-order chi connectivity index (χ1) is 8.70. The highest BCUT2D eigenvalue weighted by Crippen LogP contribution is 2.30. The van der Waals surface area contributed by atoms with Crippen LogP contribution in [0.5, 0.6) is 11.5 Å². The first kappa shape index (κ1) is 13.0. The van der Waals surface area contributed by atoms with Crippen molar-refractivity contribution in [3.63, 3.8) is 0 Å². The van der Waals surface area contributed by atoms with Crippen LogP contribution in [0.2, 0.25) is 0 Å². The SMILES string of the molecule is CCNC(=S)N(C)C[C@H]1COc2ccccc2O1. The molecule has 1 aromatic rings. The summed E-state index contributed by atoms with van der Waals surface area (Å²) in [6, 6.07) is 7.72. The number of hydrogen-bond donors (Lipinski definition) is 1. The van der Waals surface area contributed by atoms with Crippen molar-refractivity contribution < 1.29 is 9.47 Å². The molecule has 1 heterocycles. The largest absolute Gasteiger partial charge is 0.486 e. The molecule has 98 valence electrons. The van der Waals surface area contributed by atoms with Gasteiger partial charge in [-0.15, -0.1) is 0 Å². The summed E-state index contributed by atoms with van der Waals surface area (Å²) in [6.07, 6.45) is 0.00139. The highest BCUT2D eigenvalue weighted by atomic mass is 32.1. The Labute approximate surface area is 113 Å². The molecule has 0 saturated heterocycles. The van der Waals surface area contributed by atoms with Gasteiger partial charge in [-0.2, -0.15) is 0 Å². The van der Waals surface area contributed by atoms with Gasteiger partial charge in [0.2, 0.25) is 0 Å². The highest BCUT2D eigenvalue weighted by Gasteiger charge is 2.22. The smallest absolute Gasteiger partial charge is 0.168 e. The molecule has 2 rings (SSSR count). The van der Waals surface area contributed by atoms with Crippen molar-refractivity contribution in [2.45, 2.75) is 13.0 Å². The van der Waals surface area contributed by atoms with E-state index in [1.54, 1.807) is 0 Å². The molecule has 0 unspecified atom stereocenters. The molecule has 0 saturated carbocycles. The van der Waals surface area contributed by atoms with Crippen LogP contribution in [0.4, 0.5) is 0 Å². The van der Waals surface area contributed by atoms with Crippen molar-refractivity contribution in [3.8, 4) is 11.5 Å². The summed E-state index contributed by atoms with van der Waals surface area (Å²) in [6.45, 7) is 4.11. The lowest BCUT2D eigenvalue weighted by molar-refractivity contribution is 0.0779. The van der Waals surface area contributed by atoms with E-state index >= 15 is 0 Å². The maximum Gasteiger partial charge on any atom is 0.168 e. The topological polar surface area (TPSA) is 33.7 Å². The number of nitrogens with zero attached hydrogens (tertiary/aromatic N) is 1. The molecule has 0 amide bonds. The van der Waals surface area contributed by atoms with Gasteiger partial charge in [0, 0.05) is 13.6 Å². The fraction of sp³-hybridized carbons (Fsp3) is 0.462. The second kappa shape index (κ2) is 5.91. The zero-order valence-electron chi connectivity index (χ0n) is 10.7. The van der Waals surface area contributed by atoms with E-state index in [2.05, 4.69) is 5.32 Å². The minimum Gasteiger partial charge on any atom is -0.486 e. The van der Waals surface area contributed by atoms with Crippen LogP contribution in [0, 0.1) is 0 Å². The summed E-state index contributed by atoms with van der Waals surface area (Å²) >= 11 is 5.24. The molecule has 18 heavy (non-hydrogen) atoms. The van der Waals surface area contributed by atoms with Gasteiger partial charge in [0.25, 0.3) is 0 Å². The van der Waals surface area contributed by atoms with E-state index in [9.17, 15) is 0 Å². The number of nitrogens with one attached hydrogen (secondary N) is 1. The van der Waals surface area contributed by atoms with Gasteiger partial charge in [0.1, 0.15) is 6.61 Å². The summed E-state index contributed by atoms with van der Waals surface area (Å²) in [5.41, 5.74) is 0. The number of para-hydroxylation sites is 2. The molecule has 4 nitrogen and oxygen atoms in total. The van der Waals surface area contributed by atoms with Crippen molar-refractivity contribution in [2.24, 2.45) is 0 Å². The van der Waals surface area contributed by atoms with E-state index in [-0.39, 0.29) is 6.10 Å². The predicted molar refractivity (Wildman–Crippen MR) is 75.3 cm³/mol. The summed E-state index contributed by atoms with van der Waals surface area (Å²) in [4.78, 5) is 1.97. The van der Waals surface area contributed by atoms with Crippen LogP contribution < -0.4 is 14.8 Å². The number of fused-ring (bicyclic) bond motifs is 1. The first-order valence-corrected chi connectivity index (χ1v) is 6.49. The highest BCUT2D eigenvalue weighted by molar-refractivity contribution is 7.80. The summed E-state index contributed by atoms with van der Waals surface area (Å²) in [5.74, 6) is 1.61.